The number of benzene rings is 1. The van der Waals surface area contributed by atoms with Crippen molar-refractivity contribution in [1.29, 1.82) is 0 Å². The summed E-state index contributed by atoms with van der Waals surface area (Å²) in [4.78, 5) is 13.0. The molecule has 0 saturated carbocycles. The average Bonchev–Trinajstić information content (AvgIpc) is 2.30. The number of rotatable bonds is 6. The van der Waals surface area contributed by atoms with E-state index in [4.69, 9.17) is 5.11 Å². The summed E-state index contributed by atoms with van der Waals surface area (Å²) >= 11 is 0. The van der Waals surface area contributed by atoms with Crippen LogP contribution in [0.4, 0.5) is 0 Å². The molecule has 0 fully saturated rings. The molecule has 1 rings (SSSR count). The van der Waals surface area contributed by atoms with Crippen molar-refractivity contribution >= 4 is 5.97 Å². The Labute approximate surface area is 121 Å². The van der Waals surface area contributed by atoms with Gasteiger partial charge in [0.15, 0.2) is 0 Å². The van der Waals surface area contributed by atoms with Crippen LogP contribution in [0.1, 0.15) is 39.7 Å². The van der Waals surface area contributed by atoms with Crippen molar-refractivity contribution in [3.05, 3.63) is 29.8 Å². The van der Waals surface area contributed by atoms with Crippen molar-refractivity contribution in [3.63, 3.8) is 0 Å². The molecule has 4 heteroatoms. The van der Waals surface area contributed by atoms with Crippen LogP contribution < -0.4 is 0 Å². The van der Waals surface area contributed by atoms with Gasteiger partial charge in [0.1, 0.15) is 5.75 Å². The molecular formula is C16H25NO3. The number of nitrogens with zero attached hydrogens (tertiary/aromatic N) is 1. The number of aliphatic carboxylic acids is 1. The molecule has 1 aromatic carbocycles. The van der Waals surface area contributed by atoms with Crippen LogP contribution in [0, 0.1) is 0 Å². The molecule has 112 valence electrons. The lowest BCUT2D eigenvalue weighted by atomic mass is 9.98. The minimum Gasteiger partial charge on any atom is -0.508 e. The quantitative estimate of drug-likeness (QED) is 0.840. The fourth-order valence-corrected chi connectivity index (χ4v) is 2.52. The zero-order valence-electron chi connectivity index (χ0n) is 12.8. The molecule has 2 N–H and O–H groups in total. The number of hydrogen-bond donors (Lipinski definition) is 2. The summed E-state index contributed by atoms with van der Waals surface area (Å²) in [5.74, 6) is -0.504. The van der Waals surface area contributed by atoms with Crippen molar-refractivity contribution in [2.45, 2.75) is 52.1 Å². The summed E-state index contributed by atoms with van der Waals surface area (Å²) in [6, 6.07) is 7.41. The zero-order valence-corrected chi connectivity index (χ0v) is 12.8. The third-order valence-corrected chi connectivity index (χ3v) is 3.43. The summed E-state index contributed by atoms with van der Waals surface area (Å²) in [5, 5.41) is 18.2. The Morgan fingerprint density at radius 3 is 2.25 bits per heavy atom. The molecular weight excluding hydrogens is 254 g/mol. The van der Waals surface area contributed by atoms with Crippen molar-refractivity contribution in [2.75, 3.05) is 6.54 Å². The topological polar surface area (TPSA) is 60.8 Å². The van der Waals surface area contributed by atoms with E-state index in [2.05, 4.69) is 32.6 Å². The molecule has 0 aliphatic carbocycles. The standard InChI is InChI=1S/C16H25NO3/c1-12(11-13-5-7-14(18)8-6-13)17(16(2,3)4)10-9-15(19)20/h5-8,12,18H,9-11H2,1-4H3,(H,19,20). The smallest absolute Gasteiger partial charge is 0.304 e. The van der Waals surface area contributed by atoms with Crippen LogP contribution in [-0.2, 0) is 11.2 Å². The van der Waals surface area contributed by atoms with Gasteiger partial charge in [0.2, 0.25) is 0 Å². The van der Waals surface area contributed by atoms with Crippen molar-refractivity contribution in [3.8, 4) is 5.75 Å². The predicted molar refractivity (Wildman–Crippen MR) is 80.0 cm³/mol. The second kappa shape index (κ2) is 6.75. The van der Waals surface area contributed by atoms with E-state index in [0.717, 1.165) is 12.0 Å². The van der Waals surface area contributed by atoms with Gasteiger partial charge in [0.25, 0.3) is 0 Å². The molecule has 1 atom stereocenters. The maximum Gasteiger partial charge on any atom is 0.304 e. The van der Waals surface area contributed by atoms with Crippen molar-refractivity contribution in [2.24, 2.45) is 0 Å². The van der Waals surface area contributed by atoms with E-state index < -0.39 is 5.97 Å². The van der Waals surface area contributed by atoms with Gasteiger partial charge in [-0.25, -0.2) is 0 Å². The van der Waals surface area contributed by atoms with Crippen LogP contribution in [-0.4, -0.2) is 39.2 Å². The highest BCUT2D eigenvalue weighted by molar-refractivity contribution is 5.66. The van der Waals surface area contributed by atoms with Gasteiger partial charge in [-0.2, -0.15) is 0 Å². The zero-order chi connectivity index (χ0) is 15.3. The average molecular weight is 279 g/mol. The van der Waals surface area contributed by atoms with E-state index in [9.17, 15) is 9.90 Å². The van der Waals surface area contributed by atoms with Crippen LogP contribution in [0.25, 0.3) is 0 Å². The Hall–Kier alpha value is -1.55. The minimum absolute atomic E-state index is 0.0776. The molecule has 0 radical (unpaired) electrons. The molecule has 4 nitrogen and oxygen atoms in total. The predicted octanol–water partition coefficient (Wildman–Crippen LogP) is 2.90. The lowest BCUT2D eigenvalue weighted by Gasteiger charge is -2.40. The molecule has 0 aliphatic rings. The molecule has 1 aromatic rings. The molecule has 0 bridgehead atoms. The molecule has 1 unspecified atom stereocenters. The van der Waals surface area contributed by atoms with Gasteiger partial charge in [-0.1, -0.05) is 12.1 Å². The largest absolute Gasteiger partial charge is 0.508 e. The number of carbonyl (C=O) groups is 1. The number of carboxylic acid groups (broad SMARTS) is 1. The molecule has 0 aliphatic heterocycles. The highest BCUT2D eigenvalue weighted by Gasteiger charge is 2.26. The number of hydrogen-bond acceptors (Lipinski definition) is 3. The Morgan fingerprint density at radius 2 is 1.80 bits per heavy atom. The van der Waals surface area contributed by atoms with E-state index in [-0.39, 0.29) is 23.8 Å². The number of aromatic hydroxyl groups is 1. The Kier molecular flexibility index (Phi) is 5.57. The summed E-state index contributed by atoms with van der Waals surface area (Å²) in [7, 11) is 0. The number of phenolic OH excluding ortho intramolecular Hbond substituents is 1. The lowest BCUT2D eigenvalue weighted by Crippen LogP contribution is -2.48. The van der Waals surface area contributed by atoms with Crippen LogP contribution in [0.3, 0.4) is 0 Å². The van der Waals surface area contributed by atoms with E-state index in [1.165, 1.54) is 0 Å². The first-order chi connectivity index (χ1) is 9.20. The molecule has 20 heavy (non-hydrogen) atoms. The first-order valence-corrected chi connectivity index (χ1v) is 6.96. The van der Waals surface area contributed by atoms with E-state index in [1.807, 2.05) is 12.1 Å². The lowest BCUT2D eigenvalue weighted by molar-refractivity contribution is -0.137. The van der Waals surface area contributed by atoms with E-state index >= 15 is 0 Å². The normalized spacial score (nSPS) is 13.4. The highest BCUT2D eigenvalue weighted by atomic mass is 16.4. The fraction of sp³-hybridized carbons (Fsp3) is 0.562. The Balaban J connectivity index is 2.74. The molecule has 0 amide bonds. The monoisotopic (exact) mass is 279 g/mol. The van der Waals surface area contributed by atoms with E-state index in [0.29, 0.717) is 6.54 Å². The molecule has 0 aromatic heterocycles. The van der Waals surface area contributed by atoms with Gasteiger partial charge in [-0.15, -0.1) is 0 Å². The first kappa shape index (κ1) is 16.5. The van der Waals surface area contributed by atoms with Gasteiger partial charge in [-0.3, -0.25) is 9.69 Å². The van der Waals surface area contributed by atoms with Crippen LogP contribution in [0.5, 0.6) is 5.75 Å². The van der Waals surface area contributed by atoms with Gasteiger partial charge in [0.05, 0.1) is 6.42 Å². The Morgan fingerprint density at radius 1 is 1.25 bits per heavy atom. The van der Waals surface area contributed by atoms with Gasteiger partial charge < -0.3 is 10.2 Å². The highest BCUT2D eigenvalue weighted by Crippen LogP contribution is 2.21. The maximum absolute atomic E-state index is 10.8. The maximum atomic E-state index is 10.8. The third kappa shape index (κ3) is 5.21. The summed E-state index contributed by atoms with van der Waals surface area (Å²) in [5.41, 5.74) is 1.06. The van der Waals surface area contributed by atoms with Crippen LogP contribution >= 0.6 is 0 Å². The van der Waals surface area contributed by atoms with Gasteiger partial charge >= 0.3 is 5.97 Å². The molecule has 0 saturated heterocycles. The Bertz CT molecular complexity index is 434. The fourth-order valence-electron chi connectivity index (χ4n) is 2.52. The minimum atomic E-state index is -0.768. The summed E-state index contributed by atoms with van der Waals surface area (Å²) < 4.78 is 0. The summed E-state index contributed by atoms with van der Waals surface area (Å²) in [6.45, 7) is 8.95. The first-order valence-electron chi connectivity index (χ1n) is 6.96. The molecule has 0 spiro atoms. The second-order valence-corrected chi connectivity index (χ2v) is 6.23. The number of carboxylic acids is 1. The van der Waals surface area contributed by atoms with Crippen LogP contribution in [0.2, 0.25) is 0 Å². The van der Waals surface area contributed by atoms with Gasteiger partial charge in [-0.05, 0) is 51.8 Å². The van der Waals surface area contributed by atoms with Crippen molar-refractivity contribution in [1.82, 2.24) is 4.90 Å². The number of phenols is 1. The van der Waals surface area contributed by atoms with Crippen LogP contribution in [0.15, 0.2) is 24.3 Å². The second-order valence-electron chi connectivity index (χ2n) is 6.23. The SMILES string of the molecule is CC(Cc1ccc(O)cc1)N(CCC(=O)O)C(C)(C)C. The third-order valence-electron chi connectivity index (χ3n) is 3.43. The van der Waals surface area contributed by atoms with Gasteiger partial charge in [0, 0.05) is 18.1 Å². The van der Waals surface area contributed by atoms with E-state index in [1.54, 1.807) is 12.1 Å². The van der Waals surface area contributed by atoms with Crippen molar-refractivity contribution < 1.29 is 15.0 Å². The summed E-state index contributed by atoms with van der Waals surface area (Å²) in [6.07, 6.45) is 0.981. The molecule has 0 heterocycles.